The van der Waals surface area contributed by atoms with Crippen LogP contribution in [0.5, 0.6) is 0 Å². The lowest BCUT2D eigenvalue weighted by Crippen LogP contribution is -2.29. The number of hydrogen-bond donors (Lipinski definition) is 1. The number of fused-ring (bicyclic) bond motifs is 1. The standard InChI is InChI=1S/C23H30N6O/c1-14(2)20-15(3)23(30)29-22(26-20)21(16(4)27-29)25-18-10-9-17(13-19(18)24-5)28-11-7-6-8-12-28/h9-10,13-14,24H,6-8,11-12H2,1-5H3. The van der Waals surface area contributed by atoms with Crippen LogP contribution in [0.15, 0.2) is 33.1 Å². The number of benzene rings is 1. The van der Waals surface area contributed by atoms with Gasteiger partial charge in [-0.25, -0.2) is 9.98 Å². The lowest BCUT2D eigenvalue weighted by molar-refractivity contribution is 0.578. The number of hydrogen-bond acceptors (Lipinski definition) is 6. The van der Waals surface area contributed by atoms with Gasteiger partial charge in [0, 0.05) is 31.4 Å². The molecule has 0 amide bonds. The van der Waals surface area contributed by atoms with E-state index in [2.05, 4.69) is 27.5 Å². The normalized spacial score (nSPS) is 17.5. The highest BCUT2D eigenvalue weighted by atomic mass is 16.1. The highest BCUT2D eigenvalue weighted by Gasteiger charge is 2.26. The van der Waals surface area contributed by atoms with Crippen LogP contribution >= 0.6 is 0 Å². The monoisotopic (exact) mass is 406 g/mol. The van der Waals surface area contributed by atoms with Crippen molar-refractivity contribution in [3.8, 4) is 0 Å². The van der Waals surface area contributed by atoms with Gasteiger partial charge in [0.25, 0.3) is 5.56 Å². The molecule has 2 aromatic rings. The van der Waals surface area contributed by atoms with E-state index in [9.17, 15) is 4.79 Å². The van der Waals surface area contributed by atoms with Crippen molar-refractivity contribution in [3.63, 3.8) is 0 Å². The second kappa shape index (κ2) is 8.05. The zero-order valence-corrected chi connectivity index (χ0v) is 18.5. The third-order valence-electron chi connectivity index (χ3n) is 5.88. The van der Waals surface area contributed by atoms with E-state index in [4.69, 9.17) is 9.98 Å². The average Bonchev–Trinajstić information content (AvgIpc) is 3.06. The molecule has 7 nitrogen and oxygen atoms in total. The lowest BCUT2D eigenvalue weighted by Gasteiger charge is -2.29. The topological polar surface area (TPSA) is 74.9 Å². The number of piperidine rings is 1. The lowest BCUT2D eigenvalue weighted by atomic mass is 10.1. The van der Waals surface area contributed by atoms with Crippen molar-refractivity contribution in [1.29, 1.82) is 0 Å². The molecule has 4 rings (SSSR count). The molecule has 1 saturated heterocycles. The number of nitrogens with one attached hydrogen (secondary N) is 1. The van der Waals surface area contributed by atoms with Gasteiger partial charge in [-0.2, -0.15) is 9.78 Å². The number of aromatic nitrogens is 2. The van der Waals surface area contributed by atoms with Gasteiger partial charge in [-0.1, -0.05) is 13.8 Å². The Kier molecular flexibility index (Phi) is 5.45. The maximum absolute atomic E-state index is 12.8. The molecule has 2 aliphatic heterocycles. The Morgan fingerprint density at radius 2 is 1.87 bits per heavy atom. The van der Waals surface area contributed by atoms with Crippen molar-refractivity contribution in [2.24, 2.45) is 10.1 Å². The molecule has 1 N–H and O–H groups in total. The smallest absolute Gasteiger partial charge is 0.277 e. The van der Waals surface area contributed by atoms with Crippen LogP contribution in [-0.4, -0.2) is 41.2 Å². The summed E-state index contributed by atoms with van der Waals surface area (Å²) < 4.78 is 1.39. The van der Waals surface area contributed by atoms with Crippen molar-refractivity contribution in [3.05, 3.63) is 45.6 Å². The Bertz CT molecular complexity index is 1090. The Labute approximate surface area is 177 Å². The molecule has 158 valence electrons. The Balaban J connectivity index is 1.78. The van der Waals surface area contributed by atoms with Crippen molar-refractivity contribution < 1.29 is 0 Å². The van der Waals surface area contributed by atoms with Gasteiger partial charge in [-0.05, 0) is 57.2 Å². The fourth-order valence-corrected chi connectivity index (χ4v) is 4.20. The van der Waals surface area contributed by atoms with Crippen LogP contribution in [0, 0.1) is 6.92 Å². The van der Waals surface area contributed by atoms with Gasteiger partial charge in [0.2, 0.25) is 0 Å². The fraction of sp³-hybridized carbons (Fsp3) is 0.478. The quantitative estimate of drug-likeness (QED) is 0.831. The largest absolute Gasteiger partial charge is 0.386 e. The molecule has 1 aromatic heterocycles. The van der Waals surface area contributed by atoms with Gasteiger partial charge in [-0.15, -0.1) is 0 Å². The van der Waals surface area contributed by atoms with Crippen molar-refractivity contribution in [2.45, 2.75) is 52.9 Å². The van der Waals surface area contributed by atoms with Crippen LogP contribution < -0.4 is 15.8 Å². The molecule has 0 atom stereocenters. The molecule has 0 unspecified atom stereocenters. The number of rotatable bonds is 4. The zero-order valence-electron chi connectivity index (χ0n) is 18.5. The first-order chi connectivity index (χ1) is 14.4. The molecule has 3 heterocycles. The molecule has 0 aliphatic carbocycles. The van der Waals surface area contributed by atoms with E-state index in [0.717, 1.165) is 30.2 Å². The molecule has 1 fully saturated rings. The average molecular weight is 407 g/mol. The second-order valence-corrected chi connectivity index (χ2v) is 8.36. The van der Waals surface area contributed by atoms with Gasteiger partial charge in [-0.3, -0.25) is 4.79 Å². The van der Waals surface area contributed by atoms with Crippen molar-refractivity contribution in [2.75, 3.05) is 30.4 Å². The molecular weight excluding hydrogens is 376 g/mol. The van der Waals surface area contributed by atoms with Gasteiger partial charge in [0.15, 0.2) is 5.82 Å². The minimum atomic E-state index is -0.123. The van der Waals surface area contributed by atoms with Gasteiger partial charge in [0.05, 0.1) is 22.8 Å². The molecule has 0 radical (unpaired) electrons. The molecule has 30 heavy (non-hydrogen) atoms. The third-order valence-corrected chi connectivity index (χ3v) is 5.88. The Morgan fingerprint density at radius 1 is 1.13 bits per heavy atom. The van der Waals surface area contributed by atoms with Crippen LogP contribution in [0.4, 0.5) is 17.1 Å². The maximum Gasteiger partial charge on any atom is 0.277 e. The SMILES string of the molecule is CNc1cc(N2CCCCC2)ccc1N=C1C(C)=Nn2c1nc(C(C)C)c(C)c2=O. The van der Waals surface area contributed by atoms with Crippen LogP contribution in [-0.2, 0) is 0 Å². The summed E-state index contributed by atoms with van der Waals surface area (Å²) in [6.07, 6.45) is 3.79. The molecule has 1 aromatic carbocycles. The van der Waals surface area contributed by atoms with Gasteiger partial charge < -0.3 is 10.2 Å². The first kappa shape index (κ1) is 20.3. The first-order valence-corrected chi connectivity index (χ1v) is 10.8. The highest BCUT2D eigenvalue weighted by Crippen LogP contribution is 2.32. The predicted octanol–water partition coefficient (Wildman–Crippen LogP) is 4.07. The van der Waals surface area contributed by atoms with E-state index < -0.39 is 0 Å². The maximum atomic E-state index is 12.8. The van der Waals surface area contributed by atoms with Crippen LogP contribution in [0.3, 0.4) is 0 Å². The van der Waals surface area contributed by atoms with Crippen LogP contribution in [0.2, 0.25) is 0 Å². The number of anilines is 2. The van der Waals surface area contributed by atoms with Gasteiger partial charge >= 0.3 is 0 Å². The summed E-state index contributed by atoms with van der Waals surface area (Å²) in [5, 5.41) is 7.71. The summed E-state index contributed by atoms with van der Waals surface area (Å²) in [6, 6.07) is 6.32. The van der Waals surface area contributed by atoms with E-state index in [0.29, 0.717) is 22.8 Å². The molecule has 7 heteroatoms. The molecule has 0 bridgehead atoms. The number of nitrogens with zero attached hydrogens (tertiary/aromatic N) is 5. The highest BCUT2D eigenvalue weighted by molar-refractivity contribution is 6.48. The van der Waals surface area contributed by atoms with E-state index in [-0.39, 0.29) is 11.5 Å². The summed E-state index contributed by atoms with van der Waals surface area (Å²) in [5.41, 5.74) is 5.66. The predicted molar refractivity (Wildman–Crippen MR) is 124 cm³/mol. The second-order valence-electron chi connectivity index (χ2n) is 8.36. The minimum absolute atomic E-state index is 0.123. The summed E-state index contributed by atoms with van der Waals surface area (Å²) in [7, 11) is 1.91. The van der Waals surface area contributed by atoms with Gasteiger partial charge in [0.1, 0.15) is 5.71 Å². The van der Waals surface area contributed by atoms with E-state index in [1.54, 1.807) is 0 Å². The van der Waals surface area contributed by atoms with Crippen LogP contribution in [0.1, 0.15) is 63.0 Å². The van der Waals surface area contributed by atoms with E-state index in [1.807, 2.05) is 40.8 Å². The summed E-state index contributed by atoms with van der Waals surface area (Å²) in [5.74, 6) is 0.677. The van der Waals surface area contributed by atoms with Crippen LogP contribution in [0.25, 0.3) is 0 Å². The zero-order chi connectivity index (χ0) is 21.4. The summed E-state index contributed by atoms with van der Waals surface area (Å²) in [6.45, 7) is 9.98. The molecule has 2 aliphatic rings. The summed E-state index contributed by atoms with van der Waals surface area (Å²) >= 11 is 0. The minimum Gasteiger partial charge on any atom is -0.386 e. The Morgan fingerprint density at radius 3 is 2.53 bits per heavy atom. The molecule has 0 spiro atoms. The first-order valence-electron chi connectivity index (χ1n) is 10.8. The van der Waals surface area contributed by atoms with E-state index >= 15 is 0 Å². The van der Waals surface area contributed by atoms with Crippen molar-refractivity contribution >= 4 is 28.5 Å². The third kappa shape index (κ3) is 3.53. The molecule has 0 saturated carbocycles. The Hall–Kier alpha value is -2.96. The van der Waals surface area contributed by atoms with Crippen molar-refractivity contribution in [1.82, 2.24) is 9.66 Å². The molecular formula is C23H30N6O. The number of aliphatic imine (C=N–C) groups is 1. The fourth-order valence-electron chi connectivity index (χ4n) is 4.20. The van der Waals surface area contributed by atoms with E-state index in [1.165, 1.54) is 29.6 Å². The summed E-state index contributed by atoms with van der Waals surface area (Å²) in [4.78, 5) is 24.9.